The van der Waals surface area contributed by atoms with Gasteiger partial charge in [0.15, 0.2) is 0 Å². The van der Waals surface area contributed by atoms with Gasteiger partial charge in [-0.15, -0.1) is 0 Å². The predicted octanol–water partition coefficient (Wildman–Crippen LogP) is 1.98. The minimum Gasteiger partial charge on any atom is -0.495 e. The van der Waals surface area contributed by atoms with E-state index < -0.39 is 0 Å². The first-order chi connectivity index (χ1) is 10.1. The summed E-state index contributed by atoms with van der Waals surface area (Å²) in [5, 5.41) is 12.5. The standard InChI is InChI=1S/C15H19N5O/c1-19(2)15-18-10-12(20(15)3)9-17-14-11(8-16)6-5-7-13(14)21-4/h5-7,10,17H,9H2,1-4H3. The zero-order valence-electron chi connectivity index (χ0n) is 12.7. The molecular weight excluding hydrogens is 266 g/mol. The summed E-state index contributed by atoms with van der Waals surface area (Å²) in [6.07, 6.45) is 1.82. The van der Waals surface area contributed by atoms with Crippen molar-refractivity contribution < 1.29 is 4.74 Å². The van der Waals surface area contributed by atoms with Crippen LogP contribution in [0.3, 0.4) is 0 Å². The Morgan fingerprint density at radius 3 is 2.76 bits per heavy atom. The number of nitrogens with one attached hydrogen (secondary N) is 1. The zero-order chi connectivity index (χ0) is 15.4. The van der Waals surface area contributed by atoms with Gasteiger partial charge in [0.05, 0.1) is 36.8 Å². The second-order valence-corrected chi connectivity index (χ2v) is 4.85. The summed E-state index contributed by atoms with van der Waals surface area (Å²) in [7, 11) is 7.46. The Morgan fingerprint density at radius 1 is 1.43 bits per heavy atom. The molecule has 1 aromatic heterocycles. The molecule has 0 radical (unpaired) electrons. The van der Waals surface area contributed by atoms with Gasteiger partial charge in [0.25, 0.3) is 0 Å². The van der Waals surface area contributed by atoms with Crippen LogP contribution in [-0.2, 0) is 13.6 Å². The number of methoxy groups -OCH3 is 1. The van der Waals surface area contributed by atoms with E-state index in [0.29, 0.717) is 23.5 Å². The van der Waals surface area contributed by atoms with Crippen molar-refractivity contribution in [2.45, 2.75) is 6.54 Å². The van der Waals surface area contributed by atoms with E-state index in [1.165, 1.54) is 0 Å². The maximum absolute atomic E-state index is 9.20. The first-order valence-electron chi connectivity index (χ1n) is 6.57. The number of para-hydroxylation sites is 1. The lowest BCUT2D eigenvalue weighted by Crippen LogP contribution is -2.15. The van der Waals surface area contributed by atoms with Crippen LogP contribution in [0, 0.1) is 11.3 Å². The van der Waals surface area contributed by atoms with Gasteiger partial charge in [-0.25, -0.2) is 4.98 Å². The maximum atomic E-state index is 9.20. The SMILES string of the molecule is COc1cccc(C#N)c1NCc1cnc(N(C)C)n1C. The highest BCUT2D eigenvalue weighted by atomic mass is 16.5. The summed E-state index contributed by atoms with van der Waals surface area (Å²) in [5.74, 6) is 1.54. The third-order valence-electron chi connectivity index (χ3n) is 3.27. The number of aromatic nitrogens is 2. The fourth-order valence-electron chi connectivity index (χ4n) is 2.17. The van der Waals surface area contributed by atoms with Crippen molar-refractivity contribution in [3.63, 3.8) is 0 Å². The molecule has 1 N–H and O–H groups in total. The second kappa shape index (κ2) is 6.18. The van der Waals surface area contributed by atoms with E-state index in [2.05, 4.69) is 16.4 Å². The summed E-state index contributed by atoms with van der Waals surface area (Å²) in [6, 6.07) is 7.57. The minimum atomic E-state index is 0.560. The van der Waals surface area contributed by atoms with Crippen LogP contribution in [0.2, 0.25) is 0 Å². The Labute approximate surface area is 124 Å². The van der Waals surface area contributed by atoms with Crippen molar-refractivity contribution in [3.8, 4) is 11.8 Å². The van der Waals surface area contributed by atoms with Gasteiger partial charge in [0.1, 0.15) is 11.8 Å². The first kappa shape index (κ1) is 14.7. The lowest BCUT2D eigenvalue weighted by molar-refractivity contribution is 0.416. The molecule has 0 bridgehead atoms. The summed E-state index contributed by atoms with van der Waals surface area (Å²) in [4.78, 5) is 6.32. The minimum absolute atomic E-state index is 0.560. The van der Waals surface area contributed by atoms with Crippen molar-refractivity contribution in [3.05, 3.63) is 35.7 Å². The molecule has 0 saturated carbocycles. The molecule has 0 aliphatic heterocycles. The molecule has 1 heterocycles. The highest BCUT2D eigenvalue weighted by Crippen LogP contribution is 2.28. The van der Waals surface area contributed by atoms with Crippen LogP contribution in [0.25, 0.3) is 0 Å². The fourth-order valence-corrected chi connectivity index (χ4v) is 2.17. The van der Waals surface area contributed by atoms with Crippen LogP contribution in [0.5, 0.6) is 5.75 Å². The lowest BCUT2D eigenvalue weighted by Gasteiger charge is -2.15. The first-order valence-corrected chi connectivity index (χ1v) is 6.57. The van der Waals surface area contributed by atoms with Gasteiger partial charge in [-0.3, -0.25) is 0 Å². The summed E-state index contributed by atoms with van der Waals surface area (Å²) < 4.78 is 7.31. The van der Waals surface area contributed by atoms with E-state index in [9.17, 15) is 5.26 Å². The smallest absolute Gasteiger partial charge is 0.204 e. The third-order valence-corrected chi connectivity index (χ3v) is 3.27. The third kappa shape index (κ3) is 2.92. The van der Waals surface area contributed by atoms with Crippen LogP contribution in [0.1, 0.15) is 11.3 Å². The number of anilines is 2. The number of nitrogens with zero attached hydrogens (tertiary/aromatic N) is 4. The topological polar surface area (TPSA) is 66.1 Å². The molecule has 2 aromatic rings. The Hall–Kier alpha value is -2.68. The van der Waals surface area contributed by atoms with Crippen molar-refractivity contribution in [2.24, 2.45) is 7.05 Å². The van der Waals surface area contributed by atoms with Crippen LogP contribution in [-0.4, -0.2) is 30.8 Å². The largest absolute Gasteiger partial charge is 0.495 e. The second-order valence-electron chi connectivity index (χ2n) is 4.85. The van der Waals surface area contributed by atoms with E-state index >= 15 is 0 Å². The molecule has 0 spiro atoms. The lowest BCUT2D eigenvalue weighted by atomic mass is 10.1. The number of imidazole rings is 1. The molecule has 2 rings (SSSR count). The quantitative estimate of drug-likeness (QED) is 0.910. The number of nitriles is 1. The van der Waals surface area contributed by atoms with Crippen molar-refractivity contribution in [1.82, 2.24) is 9.55 Å². The van der Waals surface area contributed by atoms with Gasteiger partial charge < -0.3 is 19.5 Å². The summed E-state index contributed by atoms with van der Waals surface area (Å²) in [6.45, 7) is 0.562. The molecule has 0 fully saturated rings. The summed E-state index contributed by atoms with van der Waals surface area (Å²) >= 11 is 0. The molecule has 0 amide bonds. The van der Waals surface area contributed by atoms with E-state index in [-0.39, 0.29) is 0 Å². The predicted molar refractivity (Wildman–Crippen MR) is 82.6 cm³/mol. The number of hydrogen-bond donors (Lipinski definition) is 1. The Kier molecular flexibility index (Phi) is 4.33. The Balaban J connectivity index is 2.23. The van der Waals surface area contributed by atoms with Crippen LogP contribution < -0.4 is 15.0 Å². The Morgan fingerprint density at radius 2 is 2.19 bits per heavy atom. The van der Waals surface area contributed by atoms with E-state index in [0.717, 1.165) is 11.6 Å². The molecule has 0 aliphatic carbocycles. The van der Waals surface area contributed by atoms with Gasteiger partial charge >= 0.3 is 0 Å². The highest BCUT2D eigenvalue weighted by molar-refractivity contribution is 5.66. The van der Waals surface area contributed by atoms with Gasteiger partial charge in [-0.05, 0) is 12.1 Å². The van der Waals surface area contributed by atoms with Gasteiger partial charge in [-0.2, -0.15) is 5.26 Å². The number of benzene rings is 1. The normalized spacial score (nSPS) is 10.0. The molecule has 6 nitrogen and oxygen atoms in total. The van der Waals surface area contributed by atoms with Gasteiger partial charge in [0, 0.05) is 21.1 Å². The van der Waals surface area contributed by atoms with E-state index in [1.807, 2.05) is 42.9 Å². The van der Waals surface area contributed by atoms with Gasteiger partial charge in [0.2, 0.25) is 5.95 Å². The fraction of sp³-hybridized carbons (Fsp3) is 0.333. The van der Waals surface area contributed by atoms with Crippen molar-refractivity contribution >= 4 is 11.6 Å². The van der Waals surface area contributed by atoms with Crippen LogP contribution >= 0.6 is 0 Å². The molecule has 0 unspecified atom stereocenters. The molecule has 1 aromatic carbocycles. The Bertz CT molecular complexity index is 669. The monoisotopic (exact) mass is 285 g/mol. The molecule has 110 valence electrons. The molecule has 0 atom stereocenters. The average molecular weight is 285 g/mol. The van der Waals surface area contributed by atoms with Gasteiger partial charge in [-0.1, -0.05) is 6.07 Å². The van der Waals surface area contributed by atoms with Crippen molar-refractivity contribution in [2.75, 3.05) is 31.4 Å². The average Bonchev–Trinajstić information content (AvgIpc) is 2.85. The molecule has 6 heteroatoms. The molecule has 0 aliphatic rings. The molecule has 0 saturated heterocycles. The highest BCUT2D eigenvalue weighted by Gasteiger charge is 2.11. The number of rotatable bonds is 5. The van der Waals surface area contributed by atoms with Crippen LogP contribution in [0.4, 0.5) is 11.6 Å². The van der Waals surface area contributed by atoms with E-state index in [4.69, 9.17) is 4.74 Å². The molecular formula is C15H19N5O. The summed E-state index contributed by atoms with van der Waals surface area (Å²) in [5.41, 5.74) is 2.29. The maximum Gasteiger partial charge on any atom is 0.204 e. The zero-order valence-corrected chi connectivity index (χ0v) is 12.7. The van der Waals surface area contributed by atoms with Crippen molar-refractivity contribution in [1.29, 1.82) is 5.26 Å². The molecule has 21 heavy (non-hydrogen) atoms. The number of hydrogen-bond acceptors (Lipinski definition) is 5. The van der Waals surface area contributed by atoms with Crippen LogP contribution in [0.15, 0.2) is 24.4 Å². The van der Waals surface area contributed by atoms with E-state index in [1.54, 1.807) is 19.2 Å². The number of ether oxygens (including phenoxy) is 1.